The first-order chi connectivity index (χ1) is 9.65. The van der Waals surface area contributed by atoms with Crippen molar-refractivity contribution in [2.75, 3.05) is 0 Å². The first-order valence-corrected chi connectivity index (χ1v) is 7.42. The van der Waals surface area contributed by atoms with Crippen molar-refractivity contribution in [3.63, 3.8) is 0 Å². The predicted molar refractivity (Wildman–Crippen MR) is 80.1 cm³/mol. The van der Waals surface area contributed by atoms with Gasteiger partial charge >= 0.3 is 0 Å². The van der Waals surface area contributed by atoms with E-state index in [1.165, 1.54) is 28.9 Å². The summed E-state index contributed by atoms with van der Waals surface area (Å²) < 4.78 is 1.98. The van der Waals surface area contributed by atoms with Crippen LogP contribution in [-0.4, -0.2) is 14.8 Å². The van der Waals surface area contributed by atoms with Crippen LogP contribution in [0.2, 0.25) is 0 Å². The van der Waals surface area contributed by atoms with Crippen LogP contribution in [-0.2, 0) is 25.8 Å². The second kappa shape index (κ2) is 5.02. The average molecular weight is 270 g/mol. The van der Waals surface area contributed by atoms with Crippen LogP contribution in [0.3, 0.4) is 0 Å². The lowest BCUT2D eigenvalue weighted by atomic mass is 10.1. The Hall–Kier alpha value is -1.68. The average Bonchev–Trinajstić information content (AvgIpc) is 3.01. The summed E-state index contributed by atoms with van der Waals surface area (Å²) in [5, 5.41) is 4.68. The van der Waals surface area contributed by atoms with E-state index in [1.54, 1.807) is 0 Å². The Balaban J connectivity index is 2.19. The molecule has 1 aliphatic rings. The van der Waals surface area contributed by atoms with E-state index in [2.05, 4.69) is 31.9 Å². The van der Waals surface area contributed by atoms with Crippen LogP contribution in [0.1, 0.15) is 47.1 Å². The Kier molecular flexibility index (Phi) is 3.34. The number of hydrogen-bond donors (Lipinski definition) is 1. The van der Waals surface area contributed by atoms with Gasteiger partial charge < -0.3 is 5.73 Å². The highest BCUT2D eigenvalue weighted by Gasteiger charge is 2.19. The lowest BCUT2D eigenvalue weighted by Crippen LogP contribution is -2.11. The minimum absolute atomic E-state index is 0.509. The maximum atomic E-state index is 5.93. The molecule has 0 saturated carbocycles. The van der Waals surface area contributed by atoms with E-state index in [9.17, 15) is 0 Å². The molecule has 0 spiro atoms. The number of pyridine rings is 1. The Labute approximate surface area is 120 Å². The zero-order valence-corrected chi connectivity index (χ0v) is 12.5. The molecule has 0 atom stereocenters. The van der Waals surface area contributed by atoms with E-state index in [1.807, 2.05) is 4.68 Å². The fourth-order valence-corrected chi connectivity index (χ4v) is 3.24. The second-order valence-electron chi connectivity index (χ2n) is 5.55. The minimum atomic E-state index is 0.509. The molecule has 0 radical (unpaired) electrons. The summed E-state index contributed by atoms with van der Waals surface area (Å²) in [5.41, 5.74) is 13.2. The normalized spacial score (nSPS) is 13.8. The molecule has 1 aliphatic carbocycles. The van der Waals surface area contributed by atoms with Gasteiger partial charge in [0.1, 0.15) is 0 Å². The molecule has 0 bridgehead atoms. The highest BCUT2D eigenvalue weighted by atomic mass is 15.3. The van der Waals surface area contributed by atoms with Crippen LogP contribution in [0, 0.1) is 13.8 Å². The first-order valence-electron chi connectivity index (χ1n) is 7.42. The molecule has 2 heterocycles. The molecule has 0 saturated heterocycles. The van der Waals surface area contributed by atoms with Gasteiger partial charge in [-0.3, -0.25) is 0 Å². The summed E-state index contributed by atoms with van der Waals surface area (Å²) in [5.74, 6) is 0.924. The number of nitrogens with two attached hydrogens (primary N) is 1. The Morgan fingerprint density at radius 3 is 2.75 bits per heavy atom. The SMILES string of the molecule is CCc1c(C)nn(-c2nc3c(cc2CN)CCC3)c1C. The van der Waals surface area contributed by atoms with E-state index in [0.717, 1.165) is 36.3 Å². The molecular weight excluding hydrogens is 248 g/mol. The molecule has 0 unspecified atom stereocenters. The lowest BCUT2D eigenvalue weighted by molar-refractivity contribution is 0.778. The number of fused-ring (bicyclic) bond motifs is 1. The number of rotatable bonds is 3. The van der Waals surface area contributed by atoms with Crippen molar-refractivity contribution in [1.29, 1.82) is 0 Å². The standard InChI is InChI=1S/C16H22N4/c1-4-14-10(2)19-20(11(14)3)16-13(9-17)8-12-6-5-7-15(12)18-16/h8H,4-7,9,17H2,1-3H3. The number of nitrogens with zero attached hydrogens (tertiary/aromatic N) is 3. The van der Waals surface area contributed by atoms with E-state index in [0.29, 0.717) is 6.54 Å². The van der Waals surface area contributed by atoms with Gasteiger partial charge in [-0.05, 0) is 56.7 Å². The van der Waals surface area contributed by atoms with Crippen molar-refractivity contribution >= 4 is 0 Å². The number of hydrogen-bond acceptors (Lipinski definition) is 3. The summed E-state index contributed by atoms with van der Waals surface area (Å²) in [6, 6.07) is 2.23. The molecule has 20 heavy (non-hydrogen) atoms. The molecular formula is C16H22N4. The van der Waals surface area contributed by atoms with Crippen molar-refractivity contribution in [3.8, 4) is 5.82 Å². The van der Waals surface area contributed by atoms with Crippen LogP contribution in [0.15, 0.2) is 6.07 Å². The van der Waals surface area contributed by atoms with E-state index in [4.69, 9.17) is 10.7 Å². The summed E-state index contributed by atoms with van der Waals surface area (Å²) >= 11 is 0. The molecule has 2 aromatic heterocycles. The molecule has 0 amide bonds. The molecule has 2 aromatic rings. The maximum Gasteiger partial charge on any atom is 0.158 e. The van der Waals surface area contributed by atoms with Crippen LogP contribution < -0.4 is 5.73 Å². The zero-order valence-electron chi connectivity index (χ0n) is 12.5. The molecule has 106 valence electrons. The summed E-state index contributed by atoms with van der Waals surface area (Å²) in [6.07, 6.45) is 4.41. The monoisotopic (exact) mass is 270 g/mol. The van der Waals surface area contributed by atoms with Crippen molar-refractivity contribution in [2.24, 2.45) is 5.73 Å². The van der Waals surface area contributed by atoms with Crippen LogP contribution >= 0.6 is 0 Å². The van der Waals surface area contributed by atoms with E-state index < -0.39 is 0 Å². The van der Waals surface area contributed by atoms with Gasteiger partial charge in [0.05, 0.1) is 5.69 Å². The van der Waals surface area contributed by atoms with E-state index >= 15 is 0 Å². The van der Waals surface area contributed by atoms with Gasteiger partial charge in [0.25, 0.3) is 0 Å². The molecule has 4 heteroatoms. The topological polar surface area (TPSA) is 56.7 Å². The largest absolute Gasteiger partial charge is 0.326 e. The van der Waals surface area contributed by atoms with Crippen LogP contribution in [0.25, 0.3) is 5.82 Å². The molecule has 0 aromatic carbocycles. The van der Waals surface area contributed by atoms with Gasteiger partial charge in [0.15, 0.2) is 5.82 Å². The third-order valence-electron chi connectivity index (χ3n) is 4.32. The van der Waals surface area contributed by atoms with Gasteiger partial charge in [0.2, 0.25) is 0 Å². The van der Waals surface area contributed by atoms with Crippen molar-refractivity contribution in [1.82, 2.24) is 14.8 Å². The molecule has 2 N–H and O–H groups in total. The second-order valence-corrected chi connectivity index (χ2v) is 5.55. The predicted octanol–water partition coefficient (Wildman–Crippen LogP) is 2.39. The van der Waals surface area contributed by atoms with Gasteiger partial charge in [-0.25, -0.2) is 9.67 Å². The number of aryl methyl sites for hydroxylation is 3. The summed E-state index contributed by atoms with van der Waals surface area (Å²) in [7, 11) is 0. The quantitative estimate of drug-likeness (QED) is 0.931. The maximum absolute atomic E-state index is 5.93. The smallest absolute Gasteiger partial charge is 0.158 e. The van der Waals surface area contributed by atoms with Crippen LogP contribution in [0.5, 0.6) is 0 Å². The Bertz CT molecular complexity index is 655. The summed E-state index contributed by atoms with van der Waals surface area (Å²) in [6.45, 7) is 6.86. The molecule has 0 fully saturated rings. The lowest BCUT2D eigenvalue weighted by Gasteiger charge is -2.12. The van der Waals surface area contributed by atoms with Crippen LogP contribution in [0.4, 0.5) is 0 Å². The van der Waals surface area contributed by atoms with Crippen molar-refractivity contribution in [2.45, 2.75) is 53.0 Å². The first kappa shape index (κ1) is 13.3. The third kappa shape index (κ3) is 1.95. The van der Waals surface area contributed by atoms with Gasteiger partial charge in [-0.2, -0.15) is 5.10 Å². The number of aromatic nitrogens is 3. The molecule has 3 rings (SSSR count). The van der Waals surface area contributed by atoms with E-state index in [-0.39, 0.29) is 0 Å². The van der Waals surface area contributed by atoms with Gasteiger partial charge in [-0.15, -0.1) is 0 Å². The summed E-state index contributed by atoms with van der Waals surface area (Å²) in [4.78, 5) is 4.86. The van der Waals surface area contributed by atoms with Gasteiger partial charge in [-0.1, -0.05) is 6.92 Å². The highest BCUT2D eigenvalue weighted by molar-refractivity contribution is 5.43. The third-order valence-corrected chi connectivity index (χ3v) is 4.32. The fraction of sp³-hybridized carbons (Fsp3) is 0.500. The van der Waals surface area contributed by atoms with Crippen molar-refractivity contribution < 1.29 is 0 Å². The molecule has 0 aliphatic heterocycles. The van der Waals surface area contributed by atoms with Gasteiger partial charge in [0, 0.05) is 23.5 Å². The minimum Gasteiger partial charge on any atom is -0.326 e. The van der Waals surface area contributed by atoms with Crippen molar-refractivity contribution in [3.05, 3.63) is 39.8 Å². The Morgan fingerprint density at radius 1 is 1.30 bits per heavy atom. The molecule has 4 nitrogen and oxygen atoms in total. The Morgan fingerprint density at radius 2 is 2.10 bits per heavy atom. The highest BCUT2D eigenvalue weighted by Crippen LogP contribution is 2.26. The fourth-order valence-electron chi connectivity index (χ4n) is 3.24. The zero-order chi connectivity index (χ0) is 14.3.